The molecule has 1 aliphatic rings. The highest BCUT2D eigenvalue weighted by molar-refractivity contribution is 5.91. The third kappa shape index (κ3) is 2.68. The van der Waals surface area contributed by atoms with Gasteiger partial charge in [0, 0.05) is 18.9 Å². The summed E-state index contributed by atoms with van der Waals surface area (Å²) in [5.41, 5.74) is 0. The van der Waals surface area contributed by atoms with Crippen LogP contribution in [-0.4, -0.2) is 11.9 Å². The first-order valence-corrected chi connectivity index (χ1v) is 4.48. The molecule has 1 rings (SSSR count). The molecule has 12 heavy (non-hydrogen) atoms. The van der Waals surface area contributed by atoms with Crippen LogP contribution in [0.3, 0.4) is 0 Å². The molecular weight excluding hydrogens is 152 g/mol. The Morgan fingerprint density at radius 1 is 1.50 bits per heavy atom. The van der Waals surface area contributed by atoms with Crippen LogP contribution in [0.25, 0.3) is 0 Å². The second-order valence-electron chi connectivity index (χ2n) is 3.76. The van der Waals surface area contributed by atoms with Crippen LogP contribution >= 0.6 is 0 Å². The molecule has 0 amide bonds. The van der Waals surface area contributed by atoms with Gasteiger partial charge in [0.15, 0.2) is 5.78 Å². The molecule has 0 saturated carbocycles. The van der Waals surface area contributed by atoms with Gasteiger partial charge in [0.05, 0.1) is 6.10 Å². The molecule has 0 bridgehead atoms. The third-order valence-electron chi connectivity index (χ3n) is 1.81. The van der Waals surface area contributed by atoms with Crippen LogP contribution in [0.15, 0.2) is 11.8 Å². The second kappa shape index (κ2) is 3.74. The molecule has 0 aliphatic heterocycles. The maximum atomic E-state index is 11.1. The second-order valence-corrected chi connectivity index (χ2v) is 3.76. The van der Waals surface area contributed by atoms with Crippen LogP contribution in [-0.2, 0) is 9.53 Å². The first-order valence-electron chi connectivity index (χ1n) is 4.48. The SMILES string of the molecule is CC1CC(=O)C=C(OC(C)C)C1. The molecule has 68 valence electrons. The summed E-state index contributed by atoms with van der Waals surface area (Å²) in [5, 5.41) is 0. The third-order valence-corrected chi connectivity index (χ3v) is 1.81. The lowest BCUT2D eigenvalue weighted by molar-refractivity contribution is -0.116. The van der Waals surface area contributed by atoms with E-state index in [9.17, 15) is 4.79 Å². The van der Waals surface area contributed by atoms with Gasteiger partial charge in [0.1, 0.15) is 5.76 Å². The molecule has 0 N–H and O–H groups in total. The summed E-state index contributed by atoms with van der Waals surface area (Å²) in [7, 11) is 0. The smallest absolute Gasteiger partial charge is 0.159 e. The number of carbonyl (C=O) groups excluding carboxylic acids is 1. The highest BCUT2D eigenvalue weighted by atomic mass is 16.5. The average Bonchev–Trinajstić information content (AvgIpc) is 1.81. The summed E-state index contributed by atoms with van der Waals surface area (Å²) >= 11 is 0. The van der Waals surface area contributed by atoms with Crippen LogP contribution in [0.1, 0.15) is 33.6 Å². The molecule has 1 unspecified atom stereocenters. The fraction of sp³-hybridized carbons (Fsp3) is 0.700. The molecule has 0 aromatic rings. The predicted molar refractivity (Wildman–Crippen MR) is 47.7 cm³/mol. The molecule has 0 heterocycles. The molecule has 0 radical (unpaired) electrons. The van der Waals surface area contributed by atoms with Crippen LogP contribution in [0.4, 0.5) is 0 Å². The van der Waals surface area contributed by atoms with Gasteiger partial charge >= 0.3 is 0 Å². The van der Waals surface area contributed by atoms with Gasteiger partial charge in [0.2, 0.25) is 0 Å². The van der Waals surface area contributed by atoms with E-state index in [-0.39, 0.29) is 11.9 Å². The molecule has 0 aromatic carbocycles. The maximum absolute atomic E-state index is 11.1. The fourth-order valence-electron chi connectivity index (χ4n) is 1.44. The molecule has 2 nitrogen and oxygen atoms in total. The normalized spacial score (nSPS) is 24.2. The Bertz CT molecular complexity index is 204. The highest BCUT2D eigenvalue weighted by Crippen LogP contribution is 2.22. The Balaban J connectivity index is 2.58. The van der Waals surface area contributed by atoms with E-state index < -0.39 is 0 Å². The van der Waals surface area contributed by atoms with Crippen molar-refractivity contribution in [2.45, 2.75) is 39.7 Å². The van der Waals surface area contributed by atoms with E-state index in [4.69, 9.17) is 4.74 Å². The number of ketones is 1. The minimum absolute atomic E-state index is 0.175. The van der Waals surface area contributed by atoms with Gasteiger partial charge in [-0.2, -0.15) is 0 Å². The van der Waals surface area contributed by atoms with E-state index in [1.165, 1.54) is 0 Å². The number of hydrogen-bond donors (Lipinski definition) is 0. The van der Waals surface area contributed by atoms with E-state index in [1.807, 2.05) is 13.8 Å². The Labute approximate surface area is 73.6 Å². The number of allylic oxidation sites excluding steroid dienone is 2. The van der Waals surface area contributed by atoms with Gasteiger partial charge in [-0.15, -0.1) is 0 Å². The lowest BCUT2D eigenvalue weighted by Crippen LogP contribution is -2.15. The van der Waals surface area contributed by atoms with E-state index in [1.54, 1.807) is 6.08 Å². The number of hydrogen-bond acceptors (Lipinski definition) is 2. The molecule has 1 aliphatic carbocycles. The minimum Gasteiger partial charge on any atom is -0.495 e. The average molecular weight is 168 g/mol. The van der Waals surface area contributed by atoms with Gasteiger partial charge in [-0.3, -0.25) is 4.79 Å². The first kappa shape index (κ1) is 9.30. The molecule has 1 atom stereocenters. The van der Waals surface area contributed by atoms with Gasteiger partial charge in [-0.25, -0.2) is 0 Å². The van der Waals surface area contributed by atoms with Crippen molar-refractivity contribution in [3.63, 3.8) is 0 Å². The van der Waals surface area contributed by atoms with Crippen molar-refractivity contribution in [3.8, 4) is 0 Å². The van der Waals surface area contributed by atoms with Crippen molar-refractivity contribution in [3.05, 3.63) is 11.8 Å². The topological polar surface area (TPSA) is 26.3 Å². The van der Waals surface area contributed by atoms with Gasteiger partial charge < -0.3 is 4.74 Å². The van der Waals surface area contributed by atoms with Crippen molar-refractivity contribution in [2.75, 3.05) is 0 Å². The summed E-state index contributed by atoms with van der Waals surface area (Å²) in [5.74, 6) is 1.49. The Morgan fingerprint density at radius 2 is 2.17 bits per heavy atom. The molecule has 0 saturated heterocycles. The van der Waals surface area contributed by atoms with Gasteiger partial charge in [-0.1, -0.05) is 6.92 Å². The highest BCUT2D eigenvalue weighted by Gasteiger charge is 2.18. The molecule has 0 fully saturated rings. The summed E-state index contributed by atoms with van der Waals surface area (Å²) < 4.78 is 5.47. The van der Waals surface area contributed by atoms with E-state index in [0.29, 0.717) is 12.3 Å². The van der Waals surface area contributed by atoms with E-state index in [2.05, 4.69) is 6.92 Å². The number of rotatable bonds is 2. The summed E-state index contributed by atoms with van der Waals surface area (Å²) in [4.78, 5) is 11.1. The lowest BCUT2D eigenvalue weighted by atomic mass is 9.94. The van der Waals surface area contributed by atoms with Gasteiger partial charge in [-0.05, 0) is 19.8 Å². The summed E-state index contributed by atoms with van der Waals surface area (Å²) in [6.45, 7) is 6.03. The fourth-order valence-corrected chi connectivity index (χ4v) is 1.44. The summed E-state index contributed by atoms with van der Waals surface area (Å²) in [6.07, 6.45) is 3.39. The molecular formula is C10H16O2. The zero-order chi connectivity index (χ0) is 9.14. The Morgan fingerprint density at radius 3 is 2.67 bits per heavy atom. The zero-order valence-electron chi connectivity index (χ0n) is 7.96. The van der Waals surface area contributed by atoms with Crippen molar-refractivity contribution >= 4 is 5.78 Å². The van der Waals surface area contributed by atoms with Crippen molar-refractivity contribution in [1.82, 2.24) is 0 Å². The quantitative estimate of drug-likeness (QED) is 0.632. The zero-order valence-corrected chi connectivity index (χ0v) is 7.96. The van der Waals surface area contributed by atoms with Crippen molar-refractivity contribution < 1.29 is 9.53 Å². The Hall–Kier alpha value is -0.790. The predicted octanol–water partition coefficient (Wildman–Crippen LogP) is 2.29. The number of carbonyl (C=O) groups is 1. The molecule has 0 aromatic heterocycles. The maximum Gasteiger partial charge on any atom is 0.159 e. The monoisotopic (exact) mass is 168 g/mol. The van der Waals surface area contributed by atoms with Gasteiger partial charge in [0.25, 0.3) is 0 Å². The lowest BCUT2D eigenvalue weighted by Gasteiger charge is -2.20. The van der Waals surface area contributed by atoms with Crippen LogP contribution in [0, 0.1) is 5.92 Å². The minimum atomic E-state index is 0.175. The largest absolute Gasteiger partial charge is 0.495 e. The van der Waals surface area contributed by atoms with Crippen molar-refractivity contribution in [2.24, 2.45) is 5.92 Å². The first-order chi connectivity index (χ1) is 5.58. The Kier molecular flexibility index (Phi) is 2.90. The van der Waals surface area contributed by atoms with E-state index >= 15 is 0 Å². The number of ether oxygens (including phenoxy) is 1. The van der Waals surface area contributed by atoms with Crippen LogP contribution in [0.2, 0.25) is 0 Å². The van der Waals surface area contributed by atoms with Crippen molar-refractivity contribution in [1.29, 1.82) is 0 Å². The van der Waals surface area contributed by atoms with E-state index in [0.717, 1.165) is 12.2 Å². The van der Waals surface area contributed by atoms with Crippen LogP contribution in [0.5, 0.6) is 0 Å². The molecule has 0 spiro atoms. The van der Waals surface area contributed by atoms with Crippen LogP contribution < -0.4 is 0 Å². The summed E-state index contributed by atoms with van der Waals surface area (Å²) in [6, 6.07) is 0. The molecule has 2 heteroatoms. The standard InChI is InChI=1S/C10H16O2/c1-7(2)12-10-5-8(3)4-9(11)6-10/h6-8H,4-5H2,1-3H3.